The van der Waals surface area contributed by atoms with Crippen molar-refractivity contribution < 1.29 is 0 Å². The summed E-state index contributed by atoms with van der Waals surface area (Å²) in [6, 6.07) is 0. The van der Waals surface area contributed by atoms with E-state index in [1.54, 1.807) is 0 Å². The van der Waals surface area contributed by atoms with Gasteiger partial charge in [-0.2, -0.15) is 0 Å². The van der Waals surface area contributed by atoms with Crippen molar-refractivity contribution in [1.29, 1.82) is 0 Å². The minimum atomic E-state index is 0.619. The van der Waals surface area contributed by atoms with E-state index in [-0.39, 0.29) is 0 Å². The Labute approximate surface area is 59.8 Å². The molecule has 8 heavy (non-hydrogen) atoms. The number of halogens is 1. The van der Waals surface area contributed by atoms with Crippen LogP contribution in [0.5, 0.6) is 0 Å². The molecular weight excluding hydrogens is 164 g/mol. The van der Waals surface area contributed by atoms with E-state index in [0.717, 1.165) is 4.83 Å². The highest BCUT2D eigenvalue weighted by molar-refractivity contribution is 9.09. The van der Waals surface area contributed by atoms with E-state index in [9.17, 15) is 0 Å². The average Bonchev–Trinajstić information content (AvgIpc) is 1.82. The van der Waals surface area contributed by atoms with Gasteiger partial charge in [0.15, 0.2) is 0 Å². The van der Waals surface area contributed by atoms with Gasteiger partial charge in [0, 0.05) is 4.83 Å². The Morgan fingerprint density at radius 2 is 2.12 bits per heavy atom. The third kappa shape index (κ3) is 1.48. The predicted octanol–water partition coefficient (Wildman–Crippen LogP) is 2.96. The first-order chi connectivity index (χ1) is 3.60. The highest BCUT2D eigenvalue weighted by atomic mass is 79.9. The van der Waals surface area contributed by atoms with Gasteiger partial charge in [-0.1, -0.05) is 29.8 Å². The molecule has 0 amide bonds. The second-order valence-electron chi connectivity index (χ2n) is 3.50. The van der Waals surface area contributed by atoms with Crippen LogP contribution in [-0.4, -0.2) is 4.83 Å². The standard InChI is InChI=1S/C7H13Br/c1-7(2)4-3-6(8)5-7/h6H,3-5H2,1-2H3. The minimum absolute atomic E-state index is 0.619. The molecule has 0 saturated heterocycles. The first kappa shape index (κ1) is 6.60. The summed E-state index contributed by atoms with van der Waals surface area (Å²) in [4.78, 5) is 0.803. The van der Waals surface area contributed by atoms with Crippen LogP contribution in [0.2, 0.25) is 0 Å². The van der Waals surface area contributed by atoms with Gasteiger partial charge in [-0.25, -0.2) is 0 Å². The second-order valence-corrected chi connectivity index (χ2v) is 4.80. The molecule has 1 saturated carbocycles. The molecule has 1 unspecified atom stereocenters. The number of hydrogen-bond donors (Lipinski definition) is 0. The highest BCUT2D eigenvalue weighted by Crippen LogP contribution is 2.40. The maximum atomic E-state index is 3.61. The molecule has 0 bridgehead atoms. The zero-order valence-corrected chi connectivity index (χ0v) is 7.16. The van der Waals surface area contributed by atoms with Gasteiger partial charge in [0.05, 0.1) is 0 Å². The number of hydrogen-bond acceptors (Lipinski definition) is 0. The smallest absolute Gasteiger partial charge is 0.0151 e. The zero-order valence-electron chi connectivity index (χ0n) is 5.58. The Balaban J connectivity index is 2.44. The molecule has 1 fully saturated rings. The van der Waals surface area contributed by atoms with E-state index in [1.165, 1.54) is 19.3 Å². The van der Waals surface area contributed by atoms with Crippen LogP contribution in [0.4, 0.5) is 0 Å². The first-order valence-corrected chi connectivity index (χ1v) is 4.16. The van der Waals surface area contributed by atoms with Crippen LogP contribution < -0.4 is 0 Å². The van der Waals surface area contributed by atoms with Gasteiger partial charge in [-0.3, -0.25) is 0 Å². The Hall–Kier alpha value is 0.480. The summed E-state index contributed by atoms with van der Waals surface area (Å²) < 4.78 is 0. The number of alkyl halides is 1. The van der Waals surface area contributed by atoms with Gasteiger partial charge >= 0.3 is 0 Å². The van der Waals surface area contributed by atoms with Crippen LogP contribution in [-0.2, 0) is 0 Å². The third-order valence-electron chi connectivity index (χ3n) is 1.91. The summed E-state index contributed by atoms with van der Waals surface area (Å²) >= 11 is 3.61. The maximum absolute atomic E-state index is 3.61. The van der Waals surface area contributed by atoms with Gasteiger partial charge < -0.3 is 0 Å². The molecule has 1 aliphatic rings. The normalized spacial score (nSPS) is 35.6. The molecule has 0 aliphatic heterocycles. The SMILES string of the molecule is CC1(C)CCC(Br)C1. The van der Waals surface area contributed by atoms with Crippen molar-refractivity contribution in [3.05, 3.63) is 0 Å². The lowest BCUT2D eigenvalue weighted by Crippen LogP contribution is -2.04. The largest absolute Gasteiger partial charge is 0.0890 e. The average molecular weight is 177 g/mol. The fourth-order valence-corrected chi connectivity index (χ4v) is 2.46. The lowest BCUT2D eigenvalue weighted by atomic mass is 9.92. The lowest BCUT2D eigenvalue weighted by molar-refractivity contribution is 0.384. The zero-order chi connectivity index (χ0) is 6.20. The first-order valence-electron chi connectivity index (χ1n) is 3.24. The molecule has 1 rings (SSSR count). The monoisotopic (exact) mass is 176 g/mol. The summed E-state index contributed by atoms with van der Waals surface area (Å²) in [5.41, 5.74) is 0.619. The summed E-state index contributed by atoms with van der Waals surface area (Å²) in [5.74, 6) is 0. The Morgan fingerprint density at radius 1 is 1.50 bits per heavy atom. The van der Waals surface area contributed by atoms with Crippen molar-refractivity contribution in [3.63, 3.8) is 0 Å². The van der Waals surface area contributed by atoms with Crippen LogP contribution >= 0.6 is 15.9 Å². The van der Waals surface area contributed by atoms with E-state index >= 15 is 0 Å². The molecule has 0 heterocycles. The van der Waals surface area contributed by atoms with Gasteiger partial charge in [-0.05, 0) is 24.7 Å². The summed E-state index contributed by atoms with van der Waals surface area (Å²) in [6.45, 7) is 4.68. The molecule has 0 aromatic carbocycles. The van der Waals surface area contributed by atoms with Gasteiger partial charge in [-0.15, -0.1) is 0 Å². The van der Waals surface area contributed by atoms with E-state index in [2.05, 4.69) is 29.8 Å². The quantitative estimate of drug-likeness (QED) is 0.499. The molecule has 0 aromatic heterocycles. The topological polar surface area (TPSA) is 0 Å². The van der Waals surface area contributed by atoms with Gasteiger partial charge in [0.2, 0.25) is 0 Å². The van der Waals surface area contributed by atoms with Crippen LogP contribution in [0.25, 0.3) is 0 Å². The molecule has 48 valence electrons. The molecule has 1 heteroatoms. The van der Waals surface area contributed by atoms with Crippen LogP contribution in [0, 0.1) is 5.41 Å². The van der Waals surface area contributed by atoms with Crippen molar-refractivity contribution >= 4 is 15.9 Å². The Bertz CT molecular complexity index is 86.4. The fraction of sp³-hybridized carbons (Fsp3) is 1.00. The van der Waals surface area contributed by atoms with Crippen molar-refractivity contribution in [2.75, 3.05) is 0 Å². The van der Waals surface area contributed by atoms with Crippen LogP contribution in [0.15, 0.2) is 0 Å². The Morgan fingerprint density at radius 3 is 2.25 bits per heavy atom. The van der Waals surface area contributed by atoms with E-state index in [4.69, 9.17) is 0 Å². The van der Waals surface area contributed by atoms with Crippen molar-refractivity contribution in [1.82, 2.24) is 0 Å². The molecule has 1 aliphatic carbocycles. The molecule has 0 nitrogen and oxygen atoms in total. The molecular formula is C7H13Br. The maximum Gasteiger partial charge on any atom is 0.0151 e. The van der Waals surface area contributed by atoms with Crippen LogP contribution in [0.1, 0.15) is 33.1 Å². The van der Waals surface area contributed by atoms with Crippen molar-refractivity contribution in [2.24, 2.45) is 5.41 Å². The van der Waals surface area contributed by atoms with Gasteiger partial charge in [0.1, 0.15) is 0 Å². The van der Waals surface area contributed by atoms with Crippen molar-refractivity contribution in [2.45, 2.75) is 37.9 Å². The Kier molecular flexibility index (Phi) is 1.66. The third-order valence-corrected chi connectivity index (χ3v) is 2.69. The fourth-order valence-electron chi connectivity index (χ4n) is 1.35. The van der Waals surface area contributed by atoms with Gasteiger partial charge in [0.25, 0.3) is 0 Å². The highest BCUT2D eigenvalue weighted by Gasteiger charge is 2.28. The lowest BCUT2D eigenvalue weighted by Gasteiger charge is -2.14. The summed E-state index contributed by atoms with van der Waals surface area (Å²) in [5, 5.41) is 0. The summed E-state index contributed by atoms with van der Waals surface area (Å²) in [6.07, 6.45) is 4.11. The van der Waals surface area contributed by atoms with Crippen LogP contribution in [0.3, 0.4) is 0 Å². The van der Waals surface area contributed by atoms with E-state index in [1.807, 2.05) is 0 Å². The minimum Gasteiger partial charge on any atom is -0.0890 e. The van der Waals surface area contributed by atoms with Crippen molar-refractivity contribution in [3.8, 4) is 0 Å². The molecule has 0 spiro atoms. The predicted molar refractivity (Wildman–Crippen MR) is 40.3 cm³/mol. The molecule has 1 atom stereocenters. The summed E-state index contributed by atoms with van der Waals surface area (Å²) in [7, 11) is 0. The molecule has 0 radical (unpaired) electrons. The molecule has 0 aromatic rings. The van der Waals surface area contributed by atoms with E-state index < -0.39 is 0 Å². The second kappa shape index (κ2) is 2.02. The molecule has 0 N–H and O–H groups in total. The van der Waals surface area contributed by atoms with E-state index in [0.29, 0.717) is 5.41 Å². The number of rotatable bonds is 0.